The second-order valence-corrected chi connectivity index (χ2v) is 14.3. The fraction of sp³-hybridized carbons (Fsp3) is 0.606. The topological polar surface area (TPSA) is 102 Å². The lowest BCUT2D eigenvalue weighted by molar-refractivity contribution is -0.137. The lowest BCUT2D eigenvalue weighted by Gasteiger charge is -2.42. The van der Waals surface area contributed by atoms with E-state index in [0.29, 0.717) is 31.9 Å². The Bertz CT molecular complexity index is 1820. The number of nitrogens with two attached hydrogens (primary N) is 1. The predicted molar refractivity (Wildman–Crippen MR) is 166 cm³/mol. The molecular weight excluding hydrogens is 640 g/mol. The Balaban J connectivity index is 1.29. The van der Waals surface area contributed by atoms with Gasteiger partial charge in [-0.2, -0.15) is 23.1 Å². The molecule has 4 fully saturated rings. The second kappa shape index (κ2) is 10.5. The van der Waals surface area contributed by atoms with Crippen LogP contribution < -0.4 is 25.4 Å². The van der Waals surface area contributed by atoms with Crippen molar-refractivity contribution in [2.45, 2.75) is 88.7 Å². The summed E-state index contributed by atoms with van der Waals surface area (Å²) in [5, 5.41) is 3.62. The molecule has 3 aromatic rings. The Kier molecular flexibility index (Phi) is 6.90. The number of alkyl halides is 5. The number of piperazine rings is 1. The number of fused-ring (bicyclic) bond motifs is 3. The molecule has 8 rings (SSSR count). The van der Waals surface area contributed by atoms with E-state index in [-0.39, 0.29) is 72.1 Å². The molecule has 1 aromatic carbocycles. The summed E-state index contributed by atoms with van der Waals surface area (Å²) in [6, 6.07) is 1.83. The summed E-state index contributed by atoms with van der Waals surface area (Å²) in [6.45, 7) is 7.10. The Morgan fingerprint density at radius 1 is 1.17 bits per heavy atom. The molecule has 4 aliphatic heterocycles. The van der Waals surface area contributed by atoms with E-state index in [2.05, 4.69) is 20.2 Å². The van der Waals surface area contributed by atoms with E-state index < -0.39 is 51.8 Å². The molecule has 0 radical (unpaired) electrons. The van der Waals surface area contributed by atoms with Crippen LogP contribution in [0.3, 0.4) is 0 Å². The predicted octanol–water partition coefficient (Wildman–Crippen LogP) is 5.72. The van der Waals surface area contributed by atoms with E-state index in [9.17, 15) is 22.0 Å². The van der Waals surface area contributed by atoms with Crippen LogP contribution in [0.15, 0.2) is 12.1 Å². The highest BCUT2D eigenvalue weighted by molar-refractivity contribution is 5.97. The van der Waals surface area contributed by atoms with Gasteiger partial charge in [-0.15, -0.1) is 0 Å². The standard InChI is InChI=1S/C33H37F6N7O2/c1-4-19-11-46-21(10-41-19)17(3)48-28-22-26(24(34)25(42-28)20-9-18(40)8-16(2)23(20)33(37,38)39)43-29(44-27(22)46)47-15-31-6-5-7-45(31)14-30(12-31)13-32(30,35)36/h8-9,17,19,21,41H,4-7,10-15,40H2,1-3H3/t17-,19+,21-,30?,31-/m0/s1. The first-order valence-electron chi connectivity index (χ1n) is 16.5. The molecule has 1 unspecified atom stereocenters. The van der Waals surface area contributed by atoms with Gasteiger partial charge in [-0.05, 0) is 63.8 Å². The largest absolute Gasteiger partial charge is 0.472 e. The van der Waals surface area contributed by atoms with Crippen LogP contribution in [0.1, 0.15) is 57.1 Å². The summed E-state index contributed by atoms with van der Waals surface area (Å²) < 4.78 is 102. The quantitative estimate of drug-likeness (QED) is 0.260. The molecule has 48 heavy (non-hydrogen) atoms. The number of rotatable bonds is 5. The lowest BCUT2D eigenvalue weighted by atomic mass is 9.89. The lowest BCUT2D eigenvalue weighted by Crippen LogP contribution is -2.60. The number of anilines is 2. The van der Waals surface area contributed by atoms with Crippen molar-refractivity contribution < 1.29 is 35.8 Å². The first kappa shape index (κ1) is 31.7. The van der Waals surface area contributed by atoms with Gasteiger partial charge in [0, 0.05) is 43.3 Å². The molecule has 0 amide bonds. The maximum atomic E-state index is 16.8. The average molecular weight is 678 g/mol. The van der Waals surface area contributed by atoms with E-state index in [4.69, 9.17) is 20.2 Å². The molecule has 1 spiro atoms. The average Bonchev–Trinajstić information content (AvgIpc) is 3.23. The first-order chi connectivity index (χ1) is 22.7. The molecule has 0 bridgehead atoms. The van der Waals surface area contributed by atoms with Gasteiger partial charge in [0.05, 0.1) is 22.6 Å². The molecule has 1 aliphatic carbocycles. The minimum atomic E-state index is -4.84. The fourth-order valence-electron chi connectivity index (χ4n) is 8.69. The van der Waals surface area contributed by atoms with Crippen LogP contribution in [0.2, 0.25) is 0 Å². The van der Waals surface area contributed by atoms with Gasteiger partial charge in [0.2, 0.25) is 5.88 Å². The number of nitrogen functional groups attached to an aromatic ring is 1. The van der Waals surface area contributed by atoms with Crippen molar-refractivity contribution in [2.75, 3.05) is 43.4 Å². The summed E-state index contributed by atoms with van der Waals surface area (Å²) in [7, 11) is 0. The summed E-state index contributed by atoms with van der Waals surface area (Å²) in [4.78, 5) is 17.7. The number of aromatic nitrogens is 3. The van der Waals surface area contributed by atoms with Crippen LogP contribution in [0.25, 0.3) is 22.2 Å². The number of nitrogens with one attached hydrogen (secondary N) is 1. The van der Waals surface area contributed by atoms with Crippen molar-refractivity contribution >= 4 is 22.4 Å². The highest BCUT2D eigenvalue weighted by atomic mass is 19.4. The van der Waals surface area contributed by atoms with E-state index in [0.717, 1.165) is 18.9 Å². The van der Waals surface area contributed by atoms with Crippen LogP contribution in [-0.2, 0) is 6.18 Å². The number of hydrogen-bond donors (Lipinski definition) is 2. The molecule has 6 heterocycles. The van der Waals surface area contributed by atoms with E-state index in [1.807, 2.05) is 18.7 Å². The molecular formula is C33H37F6N7O2. The minimum Gasteiger partial charge on any atom is -0.472 e. The van der Waals surface area contributed by atoms with Gasteiger partial charge in [-0.1, -0.05) is 6.92 Å². The second-order valence-electron chi connectivity index (χ2n) is 14.3. The Morgan fingerprint density at radius 3 is 2.65 bits per heavy atom. The third kappa shape index (κ3) is 4.70. The maximum Gasteiger partial charge on any atom is 0.417 e. The van der Waals surface area contributed by atoms with Crippen molar-refractivity contribution in [1.82, 2.24) is 25.2 Å². The number of hydrogen-bond acceptors (Lipinski definition) is 9. The zero-order chi connectivity index (χ0) is 34.0. The number of halogens is 6. The van der Waals surface area contributed by atoms with Crippen molar-refractivity contribution in [3.8, 4) is 23.1 Å². The van der Waals surface area contributed by atoms with E-state index in [1.165, 1.54) is 13.0 Å². The number of ether oxygens (including phenoxy) is 2. The van der Waals surface area contributed by atoms with Gasteiger partial charge in [-0.3, -0.25) is 4.90 Å². The molecule has 2 aromatic heterocycles. The summed E-state index contributed by atoms with van der Waals surface area (Å²) in [6.07, 6.45) is -2.94. The highest BCUT2D eigenvalue weighted by Gasteiger charge is 2.77. The Morgan fingerprint density at radius 2 is 1.94 bits per heavy atom. The first-order valence-corrected chi connectivity index (χ1v) is 16.5. The molecule has 1 saturated carbocycles. The highest BCUT2D eigenvalue weighted by Crippen LogP contribution is 2.69. The molecule has 5 aliphatic rings. The van der Waals surface area contributed by atoms with Gasteiger partial charge in [0.1, 0.15) is 35.1 Å². The number of nitrogens with zero attached hydrogens (tertiary/aromatic N) is 5. The van der Waals surface area contributed by atoms with Crippen LogP contribution in [0.5, 0.6) is 11.9 Å². The SMILES string of the molecule is CC[C@@H]1CN2c3nc(OC[C@@]45CCCN4CC4(CC4(F)F)C5)nc4c(F)c(-c5cc(N)cc(C)c5C(F)(F)F)nc(c34)O[C@@H](C)[C@@H]2CN1. The molecule has 9 nitrogen and oxygen atoms in total. The number of aryl methyl sites for hydroxylation is 1. The summed E-state index contributed by atoms with van der Waals surface area (Å²) in [5.41, 5.74) is 1.59. The zero-order valence-electron chi connectivity index (χ0n) is 26.9. The monoisotopic (exact) mass is 677 g/mol. The summed E-state index contributed by atoms with van der Waals surface area (Å²) in [5.74, 6) is -3.62. The summed E-state index contributed by atoms with van der Waals surface area (Å²) >= 11 is 0. The van der Waals surface area contributed by atoms with Crippen LogP contribution in [0.4, 0.5) is 37.8 Å². The van der Waals surface area contributed by atoms with E-state index >= 15 is 4.39 Å². The third-order valence-corrected chi connectivity index (χ3v) is 11.2. The zero-order valence-corrected chi connectivity index (χ0v) is 26.9. The molecule has 5 atom stereocenters. The van der Waals surface area contributed by atoms with E-state index in [1.54, 1.807) is 0 Å². The van der Waals surface area contributed by atoms with Crippen molar-refractivity contribution in [2.24, 2.45) is 5.41 Å². The molecule has 3 saturated heterocycles. The van der Waals surface area contributed by atoms with Gasteiger partial charge in [0.25, 0.3) is 5.92 Å². The van der Waals surface area contributed by atoms with Gasteiger partial charge in [-0.25, -0.2) is 18.2 Å². The number of pyridine rings is 1. The maximum absolute atomic E-state index is 16.8. The third-order valence-electron chi connectivity index (χ3n) is 11.2. The van der Waals surface area contributed by atoms with Gasteiger partial charge in [0.15, 0.2) is 5.82 Å². The van der Waals surface area contributed by atoms with Crippen molar-refractivity contribution in [3.05, 3.63) is 29.1 Å². The van der Waals surface area contributed by atoms with Crippen LogP contribution in [0, 0.1) is 18.2 Å². The Labute approximate surface area is 273 Å². The Hall–Kier alpha value is -3.59. The normalized spacial score (nSPS) is 30.7. The van der Waals surface area contributed by atoms with Crippen LogP contribution in [-0.4, -0.2) is 82.3 Å². The fourth-order valence-corrected chi connectivity index (χ4v) is 8.69. The molecule has 258 valence electrons. The van der Waals surface area contributed by atoms with Crippen molar-refractivity contribution in [1.29, 1.82) is 0 Å². The smallest absolute Gasteiger partial charge is 0.417 e. The van der Waals surface area contributed by atoms with Gasteiger partial charge < -0.3 is 25.4 Å². The number of benzene rings is 1. The molecule has 3 N–H and O–H groups in total. The van der Waals surface area contributed by atoms with Crippen LogP contribution >= 0.6 is 0 Å². The van der Waals surface area contributed by atoms with Gasteiger partial charge >= 0.3 is 12.2 Å². The minimum absolute atomic E-state index is 0.00844. The molecule has 15 heteroatoms. The van der Waals surface area contributed by atoms with Crippen molar-refractivity contribution in [3.63, 3.8) is 0 Å².